The third-order valence-electron chi connectivity index (χ3n) is 5.02. The van der Waals surface area contributed by atoms with Gasteiger partial charge in [-0.15, -0.1) is 0 Å². The summed E-state index contributed by atoms with van der Waals surface area (Å²) in [4.78, 5) is 19.7. The molecule has 0 atom stereocenters. The Morgan fingerprint density at radius 2 is 2.08 bits per heavy atom. The zero-order valence-corrected chi connectivity index (χ0v) is 15.7. The van der Waals surface area contributed by atoms with Gasteiger partial charge in [0.05, 0.1) is 17.1 Å². The van der Waals surface area contributed by atoms with Crippen LogP contribution in [0.4, 0.5) is 0 Å². The van der Waals surface area contributed by atoms with Crippen molar-refractivity contribution in [2.75, 3.05) is 26.2 Å². The summed E-state index contributed by atoms with van der Waals surface area (Å²) in [5, 5.41) is 8.30. The van der Waals surface area contributed by atoms with Gasteiger partial charge >= 0.3 is 0 Å². The molecular formula is C19H29N5O. The van der Waals surface area contributed by atoms with Crippen molar-refractivity contribution in [3.63, 3.8) is 0 Å². The molecule has 1 aliphatic rings. The van der Waals surface area contributed by atoms with E-state index in [1.54, 1.807) is 6.20 Å². The monoisotopic (exact) mass is 343 g/mol. The van der Waals surface area contributed by atoms with Crippen LogP contribution in [0.3, 0.4) is 0 Å². The van der Waals surface area contributed by atoms with Crippen LogP contribution in [0.15, 0.2) is 12.3 Å². The lowest BCUT2D eigenvalue weighted by molar-refractivity contribution is 0.0946. The van der Waals surface area contributed by atoms with Crippen molar-refractivity contribution >= 4 is 16.9 Å². The van der Waals surface area contributed by atoms with Crippen LogP contribution in [0.25, 0.3) is 11.0 Å². The van der Waals surface area contributed by atoms with Gasteiger partial charge in [0, 0.05) is 24.8 Å². The Morgan fingerprint density at radius 1 is 1.36 bits per heavy atom. The van der Waals surface area contributed by atoms with Gasteiger partial charge in [0.25, 0.3) is 5.91 Å². The molecule has 0 radical (unpaired) electrons. The number of carbonyl (C=O) groups excluding carboxylic acids is 1. The summed E-state index contributed by atoms with van der Waals surface area (Å²) >= 11 is 0. The molecule has 0 spiro atoms. The van der Waals surface area contributed by atoms with E-state index < -0.39 is 0 Å². The Kier molecular flexibility index (Phi) is 5.37. The van der Waals surface area contributed by atoms with Crippen molar-refractivity contribution in [3.8, 4) is 0 Å². The van der Waals surface area contributed by atoms with Crippen LogP contribution >= 0.6 is 0 Å². The number of rotatable bonds is 5. The molecule has 2 aromatic rings. The minimum atomic E-state index is -0.0378. The number of pyridine rings is 1. The summed E-state index contributed by atoms with van der Waals surface area (Å²) in [7, 11) is 0. The molecule has 1 N–H and O–H groups in total. The number of nitrogens with one attached hydrogen (secondary N) is 1. The standard InChI is InChI=1S/C19H29N5O/c1-13(2)24-18-17(12-21-24)16(11-15(4)22-18)19(25)20-7-10-23-8-5-14(3)6-9-23/h11-14H,5-10H2,1-4H3,(H,20,25). The summed E-state index contributed by atoms with van der Waals surface area (Å²) in [6, 6.07) is 2.07. The van der Waals surface area contributed by atoms with E-state index in [1.165, 1.54) is 12.8 Å². The second kappa shape index (κ2) is 7.52. The van der Waals surface area contributed by atoms with Gasteiger partial charge in [0.15, 0.2) is 5.65 Å². The number of aryl methyl sites for hydroxylation is 1. The van der Waals surface area contributed by atoms with Crippen molar-refractivity contribution in [1.29, 1.82) is 0 Å². The molecule has 2 aromatic heterocycles. The molecule has 1 amide bonds. The first-order valence-corrected chi connectivity index (χ1v) is 9.31. The second-order valence-corrected chi connectivity index (χ2v) is 7.51. The molecule has 6 heteroatoms. The molecule has 6 nitrogen and oxygen atoms in total. The third-order valence-corrected chi connectivity index (χ3v) is 5.02. The normalized spacial score (nSPS) is 16.7. The summed E-state index contributed by atoms with van der Waals surface area (Å²) in [6.45, 7) is 12.2. The van der Waals surface area contributed by atoms with E-state index in [0.717, 1.165) is 42.3 Å². The fourth-order valence-corrected chi connectivity index (χ4v) is 3.42. The van der Waals surface area contributed by atoms with E-state index in [2.05, 4.69) is 41.1 Å². The molecule has 3 heterocycles. The number of aromatic nitrogens is 3. The lowest BCUT2D eigenvalue weighted by Crippen LogP contribution is -2.39. The Bertz CT molecular complexity index is 744. The van der Waals surface area contributed by atoms with Crippen LogP contribution in [0.1, 0.15) is 55.7 Å². The second-order valence-electron chi connectivity index (χ2n) is 7.51. The first-order chi connectivity index (χ1) is 12.0. The quantitative estimate of drug-likeness (QED) is 0.907. The number of carbonyl (C=O) groups is 1. The smallest absolute Gasteiger partial charge is 0.252 e. The van der Waals surface area contributed by atoms with E-state index >= 15 is 0 Å². The fourth-order valence-electron chi connectivity index (χ4n) is 3.42. The van der Waals surface area contributed by atoms with E-state index in [4.69, 9.17) is 0 Å². The molecule has 0 unspecified atom stereocenters. The summed E-state index contributed by atoms with van der Waals surface area (Å²) in [6.07, 6.45) is 4.27. The third kappa shape index (κ3) is 4.00. The summed E-state index contributed by atoms with van der Waals surface area (Å²) < 4.78 is 1.87. The highest BCUT2D eigenvalue weighted by molar-refractivity contribution is 6.05. The fraction of sp³-hybridized carbons (Fsp3) is 0.632. The maximum Gasteiger partial charge on any atom is 0.252 e. The van der Waals surface area contributed by atoms with Crippen LogP contribution in [-0.4, -0.2) is 51.8 Å². The average Bonchev–Trinajstić information content (AvgIpc) is 2.99. The van der Waals surface area contributed by atoms with Crippen LogP contribution in [-0.2, 0) is 0 Å². The minimum absolute atomic E-state index is 0.0378. The molecule has 0 saturated carbocycles. The Hall–Kier alpha value is -1.95. The zero-order valence-electron chi connectivity index (χ0n) is 15.7. The molecule has 0 aliphatic carbocycles. The number of hydrogen-bond donors (Lipinski definition) is 1. The lowest BCUT2D eigenvalue weighted by atomic mass is 9.99. The van der Waals surface area contributed by atoms with Crippen LogP contribution in [0.5, 0.6) is 0 Å². The number of nitrogens with zero attached hydrogens (tertiary/aromatic N) is 4. The maximum atomic E-state index is 12.7. The Balaban J connectivity index is 1.67. The Labute approximate surface area is 149 Å². The molecule has 0 bridgehead atoms. The molecule has 1 saturated heterocycles. The average molecular weight is 343 g/mol. The van der Waals surface area contributed by atoms with Crippen LogP contribution in [0.2, 0.25) is 0 Å². The summed E-state index contributed by atoms with van der Waals surface area (Å²) in [5.74, 6) is 0.792. The number of piperidine rings is 1. The highest BCUT2D eigenvalue weighted by atomic mass is 16.1. The van der Waals surface area contributed by atoms with Crippen molar-refractivity contribution in [3.05, 3.63) is 23.5 Å². The van der Waals surface area contributed by atoms with Gasteiger partial charge in [-0.2, -0.15) is 5.10 Å². The summed E-state index contributed by atoms with van der Waals surface area (Å²) in [5.41, 5.74) is 2.29. The van der Waals surface area contributed by atoms with Crippen LogP contribution in [0, 0.1) is 12.8 Å². The maximum absolute atomic E-state index is 12.7. The molecule has 25 heavy (non-hydrogen) atoms. The number of amides is 1. The topological polar surface area (TPSA) is 63.1 Å². The highest BCUT2D eigenvalue weighted by Gasteiger charge is 2.18. The van der Waals surface area contributed by atoms with Crippen molar-refractivity contribution in [2.24, 2.45) is 5.92 Å². The van der Waals surface area contributed by atoms with Gasteiger partial charge in [0.2, 0.25) is 0 Å². The number of hydrogen-bond acceptors (Lipinski definition) is 4. The molecule has 1 aliphatic heterocycles. The Morgan fingerprint density at radius 3 is 2.76 bits per heavy atom. The van der Waals surface area contributed by atoms with E-state index in [9.17, 15) is 4.79 Å². The van der Waals surface area contributed by atoms with Gasteiger partial charge in [0.1, 0.15) is 0 Å². The van der Waals surface area contributed by atoms with E-state index in [1.807, 2.05) is 17.7 Å². The molecule has 1 fully saturated rings. The zero-order chi connectivity index (χ0) is 18.0. The lowest BCUT2D eigenvalue weighted by Gasteiger charge is -2.30. The number of likely N-dealkylation sites (tertiary alicyclic amines) is 1. The van der Waals surface area contributed by atoms with Crippen LogP contribution < -0.4 is 5.32 Å². The molecule has 0 aromatic carbocycles. The largest absolute Gasteiger partial charge is 0.351 e. The van der Waals surface area contributed by atoms with E-state index in [0.29, 0.717) is 12.1 Å². The predicted octanol–water partition coefficient (Wildman–Crippen LogP) is 2.78. The predicted molar refractivity (Wildman–Crippen MR) is 99.8 cm³/mol. The molecule has 3 rings (SSSR count). The van der Waals surface area contributed by atoms with Gasteiger partial charge in [-0.05, 0) is 58.7 Å². The van der Waals surface area contributed by atoms with Gasteiger partial charge in [-0.3, -0.25) is 4.79 Å². The van der Waals surface area contributed by atoms with Gasteiger partial charge < -0.3 is 10.2 Å². The number of fused-ring (bicyclic) bond motifs is 1. The van der Waals surface area contributed by atoms with Crippen molar-refractivity contribution < 1.29 is 4.79 Å². The van der Waals surface area contributed by atoms with Crippen molar-refractivity contribution in [1.82, 2.24) is 25.0 Å². The first kappa shape index (κ1) is 17.9. The molecule has 136 valence electrons. The minimum Gasteiger partial charge on any atom is -0.351 e. The van der Waals surface area contributed by atoms with E-state index in [-0.39, 0.29) is 11.9 Å². The SMILES string of the molecule is Cc1cc(C(=O)NCCN2CCC(C)CC2)c2cnn(C(C)C)c2n1. The first-order valence-electron chi connectivity index (χ1n) is 9.31. The van der Waals surface area contributed by atoms with Crippen molar-refractivity contribution in [2.45, 2.75) is 46.6 Å². The molecular weight excluding hydrogens is 314 g/mol. The van der Waals surface area contributed by atoms with Gasteiger partial charge in [-0.25, -0.2) is 9.67 Å². The van der Waals surface area contributed by atoms with Gasteiger partial charge in [-0.1, -0.05) is 6.92 Å². The highest BCUT2D eigenvalue weighted by Crippen LogP contribution is 2.21.